The number of nitrogens with one attached hydrogen (secondary N) is 3. The van der Waals surface area contributed by atoms with Gasteiger partial charge in [-0.2, -0.15) is 0 Å². The number of sulfonamides is 1. The molecule has 3 atom stereocenters. The van der Waals surface area contributed by atoms with Crippen LogP contribution in [0, 0.1) is 0 Å². The lowest BCUT2D eigenvalue weighted by atomic mass is 9.84. The van der Waals surface area contributed by atoms with Gasteiger partial charge in [0.25, 0.3) is 0 Å². The van der Waals surface area contributed by atoms with Crippen LogP contribution in [0.4, 0.5) is 10.5 Å². The predicted octanol–water partition coefficient (Wildman–Crippen LogP) is 3.81. The van der Waals surface area contributed by atoms with E-state index in [1.54, 1.807) is 0 Å². The summed E-state index contributed by atoms with van der Waals surface area (Å²) in [7, 11) is -1.80. The number of morpholine rings is 1. The zero-order chi connectivity index (χ0) is 31.1. The topological polar surface area (TPSA) is 137 Å². The number of carbonyl (C=O) groups excluding carboxylic acids is 1. The molecule has 1 saturated heterocycles. The summed E-state index contributed by atoms with van der Waals surface area (Å²) < 4.78 is 33.0. The van der Waals surface area contributed by atoms with Gasteiger partial charge >= 0.3 is 6.09 Å². The Morgan fingerprint density at radius 2 is 1.59 bits per heavy atom. The van der Waals surface area contributed by atoms with Crippen LogP contribution in [0.15, 0.2) is 84.9 Å². The lowest BCUT2D eigenvalue weighted by molar-refractivity contribution is -0.120. The first-order valence-corrected chi connectivity index (χ1v) is 16.6. The first-order chi connectivity index (χ1) is 21.2. The third-order valence-electron chi connectivity index (χ3n) is 8.29. The molecular weight excluding hydrogens is 580 g/mol. The van der Waals surface area contributed by atoms with Gasteiger partial charge < -0.3 is 20.5 Å². The third-order valence-corrected chi connectivity index (χ3v) is 10.2. The number of carboxylic acid groups (broad SMARTS) is 1. The number of hydrogen-bond acceptors (Lipinski definition) is 6. The van der Waals surface area contributed by atoms with E-state index in [1.807, 2.05) is 84.9 Å². The van der Waals surface area contributed by atoms with E-state index in [-0.39, 0.29) is 17.4 Å². The molecule has 44 heavy (non-hydrogen) atoms. The fourth-order valence-corrected chi connectivity index (χ4v) is 7.05. The number of nitrogens with zero attached hydrogens (tertiary/aromatic N) is 1. The van der Waals surface area contributed by atoms with Crippen molar-refractivity contribution < 1.29 is 27.9 Å². The minimum atomic E-state index is -3.23. The SMILES string of the molecule is CN(C(=O)O)[C@H](C(=O)Nc1ccccc1CC[C@@H]1CN[C@H](CNS(=O)(=O)C2CC2)CO1)C(c1ccccc1)c1ccccc1. The number of ether oxygens (including phenoxy) is 1. The predicted molar refractivity (Wildman–Crippen MR) is 169 cm³/mol. The molecule has 11 heteroatoms. The Bertz CT molecular complexity index is 1470. The molecule has 5 rings (SSSR count). The van der Waals surface area contributed by atoms with E-state index in [4.69, 9.17) is 4.74 Å². The second kappa shape index (κ2) is 14.3. The van der Waals surface area contributed by atoms with Crippen LogP contribution < -0.4 is 15.4 Å². The van der Waals surface area contributed by atoms with Crippen LogP contribution in [0.25, 0.3) is 0 Å². The molecule has 234 valence electrons. The highest BCUT2D eigenvalue weighted by atomic mass is 32.2. The molecule has 1 aliphatic carbocycles. The van der Waals surface area contributed by atoms with E-state index in [2.05, 4.69) is 15.4 Å². The molecule has 3 aromatic carbocycles. The number of anilines is 1. The van der Waals surface area contributed by atoms with Gasteiger partial charge in [0.1, 0.15) is 6.04 Å². The average Bonchev–Trinajstić information content (AvgIpc) is 3.90. The van der Waals surface area contributed by atoms with Crippen molar-refractivity contribution in [3.8, 4) is 0 Å². The third kappa shape index (κ3) is 8.03. The number of likely N-dealkylation sites (N-methyl/N-ethyl adjacent to an activating group) is 1. The van der Waals surface area contributed by atoms with Crippen LogP contribution in [0.3, 0.4) is 0 Å². The summed E-state index contributed by atoms with van der Waals surface area (Å²) in [5, 5.41) is 16.2. The van der Waals surface area contributed by atoms with Gasteiger partial charge in [0.15, 0.2) is 0 Å². The van der Waals surface area contributed by atoms with E-state index >= 15 is 0 Å². The molecule has 2 aliphatic rings. The minimum absolute atomic E-state index is 0.0681. The number of aryl methyl sites for hydroxylation is 1. The maximum atomic E-state index is 14.0. The zero-order valence-electron chi connectivity index (χ0n) is 24.8. The maximum absolute atomic E-state index is 14.0. The quantitative estimate of drug-likeness (QED) is 0.228. The summed E-state index contributed by atoms with van der Waals surface area (Å²) in [5.74, 6) is -0.957. The number of benzene rings is 3. The van der Waals surface area contributed by atoms with Crippen molar-refractivity contribution in [2.45, 2.75) is 55.0 Å². The summed E-state index contributed by atoms with van der Waals surface area (Å²) >= 11 is 0. The van der Waals surface area contributed by atoms with Gasteiger partial charge in [-0.1, -0.05) is 78.9 Å². The normalized spacial score (nSPS) is 19.3. The van der Waals surface area contributed by atoms with Crippen molar-refractivity contribution >= 4 is 27.7 Å². The van der Waals surface area contributed by atoms with Gasteiger partial charge in [-0.25, -0.2) is 17.9 Å². The van der Waals surface area contributed by atoms with Gasteiger partial charge in [0.2, 0.25) is 15.9 Å². The number of rotatable bonds is 13. The fourth-order valence-electron chi connectivity index (χ4n) is 5.63. The molecule has 0 spiro atoms. The molecule has 1 heterocycles. The highest BCUT2D eigenvalue weighted by molar-refractivity contribution is 7.90. The van der Waals surface area contributed by atoms with Crippen molar-refractivity contribution in [3.05, 3.63) is 102 Å². The van der Waals surface area contributed by atoms with Crippen LogP contribution in [0.2, 0.25) is 0 Å². The summed E-state index contributed by atoms with van der Waals surface area (Å²) in [4.78, 5) is 27.3. The smallest absolute Gasteiger partial charge is 0.407 e. The van der Waals surface area contributed by atoms with Crippen molar-refractivity contribution in [1.82, 2.24) is 14.9 Å². The fraction of sp³-hybridized carbons (Fsp3) is 0.394. The summed E-state index contributed by atoms with van der Waals surface area (Å²) in [6.45, 7) is 1.30. The summed E-state index contributed by atoms with van der Waals surface area (Å²) in [5.41, 5.74) is 3.20. The van der Waals surface area contributed by atoms with Crippen LogP contribution in [-0.2, 0) is 26.0 Å². The Kier molecular flexibility index (Phi) is 10.3. The van der Waals surface area contributed by atoms with Crippen molar-refractivity contribution in [3.63, 3.8) is 0 Å². The van der Waals surface area contributed by atoms with Gasteiger partial charge in [-0.3, -0.25) is 9.69 Å². The lowest BCUT2D eigenvalue weighted by Crippen LogP contribution is -2.51. The van der Waals surface area contributed by atoms with Gasteiger partial charge in [-0.15, -0.1) is 0 Å². The van der Waals surface area contributed by atoms with Crippen LogP contribution in [0.5, 0.6) is 0 Å². The van der Waals surface area contributed by atoms with E-state index < -0.39 is 34.0 Å². The minimum Gasteiger partial charge on any atom is -0.465 e. The first kappa shape index (κ1) is 31.6. The molecule has 2 fully saturated rings. The van der Waals surface area contributed by atoms with Crippen LogP contribution in [0.1, 0.15) is 41.9 Å². The van der Waals surface area contributed by atoms with Gasteiger partial charge in [-0.05, 0) is 48.4 Å². The Morgan fingerprint density at radius 3 is 2.16 bits per heavy atom. The molecule has 0 aromatic heterocycles. The molecule has 10 nitrogen and oxygen atoms in total. The van der Waals surface area contributed by atoms with E-state index in [1.165, 1.54) is 7.05 Å². The largest absolute Gasteiger partial charge is 0.465 e. The second-order valence-electron chi connectivity index (χ2n) is 11.5. The Labute approximate surface area is 258 Å². The number of hydrogen-bond donors (Lipinski definition) is 4. The molecule has 3 aromatic rings. The molecule has 2 amide bonds. The number of carbonyl (C=O) groups is 2. The Hall–Kier alpha value is -3.77. The van der Waals surface area contributed by atoms with Crippen LogP contribution >= 0.6 is 0 Å². The van der Waals surface area contributed by atoms with Crippen molar-refractivity contribution in [1.29, 1.82) is 0 Å². The molecule has 0 bridgehead atoms. The molecule has 1 aliphatic heterocycles. The monoisotopic (exact) mass is 620 g/mol. The van der Waals surface area contributed by atoms with Crippen LogP contribution in [-0.4, -0.2) is 80.6 Å². The molecular formula is C33H40N4O6S. The van der Waals surface area contributed by atoms with Crippen molar-refractivity contribution in [2.75, 3.05) is 32.1 Å². The highest BCUT2D eigenvalue weighted by Crippen LogP contribution is 2.32. The van der Waals surface area contributed by atoms with E-state index in [0.29, 0.717) is 38.2 Å². The van der Waals surface area contributed by atoms with E-state index in [9.17, 15) is 23.1 Å². The summed E-state index contributed by atoms with van der Waals surface area (Å²) in [6.07, 6.45) is 1.51. The zero-order valence-corrected chi connectivity index (χ0v) is 25.6. The number of amides is 2. The standard InChI is InChI=1S/C33H40N4O6S/c1-37(33(39)40)31(30(24-11-4-2-5-12-24)25-13-6-3-7-14-25)32(38)36-29-15-9-8-10-23(29)16-17-27-21-34-26(22-43-27)20-35-44(41,42)28-18-19-28/h2-15,26-28,30-31,34-35H,16-22H2,1H3,(H,36,38)(H,39,40)/t26-,27-,31+/m1/s1. The second-order valence-corrected chi connectivity index (χ2v) is 13.5. The Morgan fingerprint density at radius 1 is 0.977 bits per heavy atom. The number of para-hydroxylation sites is 1. The lowest BCUT2D eigenvalue weighted by Gasteiger charge is -2.33. The summed E-state index contributed by atoms with van der Waals surface area (Å²) in [6, 6.07) is 25.3. The molecule has 0 unspecified atom stereocenters. The van der Waals surface area contributed by atoms with E-state index in [0.717, 1.165) is 34.4 Å². The first-order valence-electron chi connectivity index (χ1n) is 15.0. The van der Waals surface area contributed by atoms with Gasteiger partial charge in [0.05, 0.1) is 18.0 Å². The maximum Gasteiger partial charge on any atom is 0.407 e. The molecule has 0 radical (unpaired) electrons. The molecule has 4 N–H and O–H groups in total. The average molecular weight is 621 g/mol. The van der Waals surface area contributed by atoms with Crippen molar-refractivity contribution in [2.24, 2.45) is 0 Å². The van der Waals surface area contributed by atoms with Gasteiger partial charge in [0, 0.05) is 37.8 Å². The molecule has 1 saturated carbocycles. The Balaban J connectivity index is 1.26. The highest BCUT2D eigenvalue weighted by Gasteiger charge is 2.37.